The number of nitrogens with one attached hydrogen (secondary N) is 1. The van der Waals surface area contributed by atoms with Gasteiger partial charge in [-0.05, 0) is 42.4 Å². The Hall–Kier alpha value is -2.49. The molecular formula is C19H20N2O2. The molecule has 0 atom stereocenters. The normalized spacial score (nSPS) is 20.7. The second-order valence-corrected chi connectivity index (χ2v) is 6.54. The minimum absolute atomic E-state index is 0.0652. The van der Waals surface area contributed by atoms with Crippen molar-refractivity contribution in [3.05, 3.63) is 70.9 Å². The highest BCUT2D eigenvalue weighted by Gasteiger charge is 2.32. The van der Waals surface area contributed by atoms with Crippen molar-refractivity contribution in [2.75, 3.05) is 6.54 Å². The number of benzene rings is 1. The fraction of sp³-hybridized carbons (Fsp3) is 0.316. The summed E-state index contributed by atoms with van der Waals surface area (Å²) in [6.45, 7) is 0.908. The fourth-order valence-corrected chi connectivity index (χ4v) is 3.21. The van der Waals surface area contributed by atoms with Crippen molar-refractivity contribution >= 4 is 5.91 Å². The monoisotopic (exact) mass is 308 g/mol. The van der Waals surface area contributed by atoms with Crippen molar-refractivity contribution in [3.63, 3.8) is 0 Å². The largest absolute Gasteiger partial charge is 0.510 e. The molecule has 1 aromatic carbocycles. The van der Waals surface area contributed by atoms with E-state index in [0.717, 1.165) is 29.9 Å². The Labute approximate surface area is 135 Å². The van der Waals surface area contributed by atoms with E-state index in [-0.39, 0.29) is 18.1 Å². The average molecular weight is 308 g/mol. The van der Waals surface area contributed by atoms with Crippen molar-refractivity contribution in [1.29, 1.82) is 0 Å². The molecule has 0 bridgehead atoms. The number of fused-ring (bicyclic) bond motifs is 1. The summed E-state index contributed by atoms with van der Waals surface area (Å²) in [6, 6.07) is 10.3. The molecule has 2 N–H and O–H groups in total. The summed E-state index contributed by atoms with van der Waals surface area (Å²) in [5, 5.41) is 13.2. The van der Waals surface area contributed by atoms with Crippen molar-refractivity contribution < 1.29 is 9.90 Å². The summed E-state index contributed by atoms with van der Waals surface area (Å²) in [5.41, 5.74) is 3.88. The van der Waals surface area contributed by atoms with Crippen LogP contribution in [0.4, 0.5) is 0 Å². The Morgan fingerprint density at radius 3 is 2.74 bits per heavy atom. The predicted molar refractivity (Wildman–Crippen MR) is 88.2 cm³/mol. The number of amides is 1. The zero-order chi connectivity index (χ0) is 15.8. The molecule has 4 rings (SSSR count). The summed E-state index contributed by atoms with van der Waals surface area (Å²) >= 11 is 0. The highest BCUT2D eigenvalue weighted by Crippen LogP contribution is 2.36. The maximum Gasteiger partial charge on any atom is 0.232 e. The number of carbonyl (C=O) groups excluding carboxylic acids is 1. The quantitative estimate of drug-likeness (QED) is 0.899. The first-order chi connectivity index (χ1) is 11.2. The number of allylic oxidation sites excluding steroid dienone is 2. The van der Waals surface area contributed by atoms with Crippen molar-refractivity contribution in [2.24, 2.45) is 5.92 Å². The van der Waals surface area contributed by atoms with Gasteiger partial charge in [-0.2, -0.15) is 0 Å². The number of carbonyl (C=O) groups is 1. The maximum absolute atomic E-state index is 11.8. The summed E-state index contributed by atoms with van der Waals surface area (Å²) < 4.78 is 0. The molecule has 0 radical (unpaired) electrons. The molecule has 1 amide bonds. The number of aliphatic hydroxyl groups is 1. The highest BCUT2D eigenvalue weighted by atomic mass is 16.3. The van der Waals surface area contributed by atoms with Gasteiger partial charge in [0.25, 0.3) is 0 Å². The van der Waals surface area contributed by atoms with E-state index >= 15 is 0 Å². The van der Waals surface area contributed by atoms with Gasteiger partial charge >= 0.3 is 0 Å². The van der Waals surface area contributed by atoms with Gasteiger partial charge in [-0.3, -0.25) is 4.79 Å². The SMILES string of the molecule is O=C1CC(O)=C2C(=CC(Cc3ccccc3)=CN2CC2CC2)N1. The third kappa shape index (κ3) is 3.02. The van der Waals surface area contributed by atoms with E-state index < -0.39 is 0 Å². The van der Waals surface area contributed by atoms with Crippen LogP contribution < -0.4 is 5.32 Å². The molecule has 3 aliphatic rings. The van der Waals surface area contributed by atoms with E-state index in [9.17, 15) is 9.90 Å². The van der Waals surface area contributed by atoms with Crippen LogP contribution in [-0.4, -0.2) is 22.5 Å². The van der Waals surface area contributed by atoms with Crippen LogP contribution in [-0.2, 0) is 11.2 Å². The third-order valence-electron chi connectivity index (χ3n) is 4.47. The Morgan fingerprint density at radius 2 is 2.00 bits per heavy atom. The zero-order valence-electron chi connectivity index (χ0n) is 13.0. The summed E-state index contributed by atoms with van der Waals surface area (Å²) in [4.78, 5) is 13.9. The Morgan fingerprint density at radius 1 is 1.22 bits per heavy atom. The molecule has 1 aliphatic carbocycles. The minimum atomic E-state index is -0.148. The van der Waals surface area contributed by atoms with Gasteiger partial charge in [0, 0.05) is 12.7 Å². The van der Waals surface area contributed by atoms with Crippen LogP contribution in [0.5, 0.6) is 0 Å². The van der Waals surface area contributed by atoms with Gasteiger partial charge in [0.2, 0.25) is 5.91 Å². The fourth-order valence-electron chi connectivity index (χ4n) is 3.21. The zero-order valence-corrected chi connectivity index (χ0v) is 13.0. The molecule has 2 aliphatic heterocycles. The molecule has 4 heteroatoms. The van der Waals surface area contributed by atoms with Crippen molar-refractivity contribution in [3.8, 4) is 0 Å². The van der Waals surface area contributed by atoms with Crippen LogP contribution in [0.15, 0.2) is 65.3 Å². The Balaban J connectivity index is 1.66. The number of hydrogen-bond acceptors (Lipinski definition) is 3. The molecule has 0 unspecified atom stereocenters. The second-order valence-electron chi connectivity index (χ2n) is 6.54. The number of hydrogen-bond donors (Lipinski definition) is 2. The molecule has 0 spiro atoms. The summed E-state index contributed by atoms with van der Waals surface area (Å²) in [6.07, 6.45) is 7.48. The molecule has 1 aromatic rings. The average Bonchev–Trinajstić information content (AvgIpc) is 3.31. The van der Waals surface area contributed by atoms with Crippen LogP contribution in [0.3, 0.4) is 0 Å². The molecular weight excluding hydrogens is 288 g/mol. The lowest BCUT2D eigenvalue weighted by Gasteiger charge is -2.33. The molecule has 0 saturated heterocycles. The van der Waals surface area contributed by atoms with E-state index in [2.05, 4.69) is 28.5 Å². The molecule has 1 fully saturated rings. The molecule has 23 heavy (non-hydrogen) atoms. The number of aliphatic hydroxyl groups excluding tert-OH is 1. The van der Waals surface area contributed by atoms with Crippen LogP contribution in [0.2, 0.25) is 0 Å². The first-order valence-electron chi connectivity index (χ1n) is 8.14. The standard InChI is InChI=1S/C19H20N2O2/c22-17-10-18(23)20-16-9-15(8-13-4-2-1-3-5-13)12-21(19(16)17)11-14-6-7-14/h1-5,9,12,14,22H,6-8,10-11H2,(H,20,23). The van der Waals surface area contributed by atoms with Crippen LogP contribution in [0.25, 0.3) is 0 Å². The van der Waals surface area contributed by atoms with Crippen molar-refractivity contribution in [2.45, 2.75) is 25.7 Å². The van der Waals surface area contributed by atoms with E-state index in [1.54, 1.807) is 0 Å². The Kier molecular flexibility index (Phi) is 3.45. The molecule has 2 heterocycles. The third-order valence-corrected chi connectivity index (χ3v) is 4.47. The van der Waals surface area contributed by atoms with Gasteiger partial charge in [0.05, 0.1) is 12.1 Å². The van der Waals surface area contributed by atoms with E-state index in [4.69, 9.17) is 0 Å². The first kappa shape index (κ1) is 14.1. The highest BCUT2D eigenvalue weighted by molar-refractivity contribution is 5.83. The van der Waals surface area contributed by atoms with Gasteiger partial charge < -0.3 is 15.3 Å². The lowest BCUT2D eigenvalue weighted by molar-refractivity contribution is -0.120. The first-order valence-corrected chi connectivity index (χ1v) is 8.14. The van der Waals surface area contributed by atoms with Gasteiger partial charge in [0.15, 0.2) is 0 Å². The topological polar surface area (TPSA) is 52.6 Å². The molecule has 0 aromatic heterocycles. The maximum atomic E-state index is 11.8. The van der Waals surface area contributed by atoms with E-state index in [1.807, 2.05) is 24.3 Å². The van der Waals surface area contributed by atoms with Gasteiger partial charge in [-0.1, -0.05) is 30.3 Å². The number of rotatable bonds is 4. The van der Waals surface area contributed by atoms with E-state index in [1.165, 1.54) is 18.4 Å². The van der Waals surface area contributed by atoms with Gasteiger partial charge in [-0.25, -0.2) is 0 Å². The van der Waals surface area contributed by atoms with Gasteiger partial charge in [0.1, 0.15) is 11.5 Å². The number of nitrogens with zero attached hydrogens (tertiary/aromatic N) is 1. The summed E-state index contributed by atoms with van der Waals surface area (Å²) in [7, 11) is 0. The van der Waals surface area contributed by atoms with E-state index in [0.29, 0.717) is 5.92 Å². The van der Waals surface area contributed by atoms with Crippen LogP contribution in [0.1, 0.15) is 24.8 Å². The lowest BCUT2D eigenvalue weighted by Crippen LogP contribution is -2.37. The predicted octanol–water partition coefficient (Wildman–Crippen LogP) is 3.01. The van der Waals surface area contributed by atoms with Crippen LogP contribution >= 0.6 is 0 Å². The molecule has 1 saturated carbocycles. The van der Waals surface area contributed by atoms with Gasteiger partial charge in [-0.15, -0.1) is 0 Å². The lowest BCUT2D eigenvalue weighted by atomic mass is 9.98. The molecule has 4 nitrogen and oxygen atoms in total. The van der Waals surface area contributed by atoms with Crippen molar-refractivity contribution in [1.82, 2.24) is 10.2 Å². The minimum Gasteiger partial charge on any atom is -0.510 e. The second kappa shape index (κ2) is 5.61. The molecule has 118 valence electrons. The van der Waals surface area contributed by atoms with Crippen LogP contribution in [0, 0.1) is 5.92 Å². The Bertz CT molecular complexity index is 727. The smallest absolute Gasteiger partial charge is 0.232 e. The summed E-state index contributed by atoms with van der Waals surface area (Å²) in [5.74, 6) is 0.724.